The summed E-state index contributed by atoms with van der Waals surface area (Å²) in [4.78, 5) is 24.7. The van der Waals surface area contributed by atoms with Crippen LogP contribution in [0, 0.1) is 6.92 Å². The molecule has 0 saturated carbocycles. The maximum absolute atomic E-state index is 12.5. The van der Waals surface area contributed by atoms with Gasteiger partial charge in [0.1, 0.15) is 0 Å². The van der Waals surface area contributed by atoms with Gasteiger partial charge in [0.25, 0.3) is 5.91 Å². The second kappa shape index (κ2) is 8.81. The Morgan fingerprint density at radius 1 is 0.815 bits per heavy atom. The molecule has 0 aromatic heterocycles. The van der Waals surface area contributed by atoms with Crippen molar-refractivity contribution >= 4 is 11.8 Å². The van der Waals surface area contributed by atoms with Crippen molar-refractivity contribution in [2.75, 3.05) is 6.54 Å². The van der Waals surface area contributed by atoms with Gasteiger partial charge in [0, 0.05) is 5.56 Å². The summed E-state index contributed by atoms with van der Waals surface area (Å²) < 4.78 is 0. The number of rotatable bonds is 6. The van der Waals surface area contributed by atoms with Crippen LogP contribution in [0.25, 0.3) is 0 Å². The zero-order valence-corrected chi connectivity index (χ0v) is 15.2. The molecule has 3 aromatic carbocycles. The quantitative estimate of drug-likeness (QED) is 0.707. The maximum Gasteiger partial charge on any atom is 0.251 e. The second-order valence-electron chi connectivity index (χ2n) is 6.37. The predicted octanol–water partition coefficient (Wildman–Crippen LogP) is 3.63. The zero-order valence-electron chi connectivity index (χ0n) is 15.2. The molecule has 3 aromatic rings. The standard InChI is InChI=1S/C23H22N2O2/c1-17-9-8-14-20(15-17)23(27)24-16-21(26)25-22(18-10-4-2-5-11-18)19-12-6-3-7-13-19/h2-15,22H,16H2,1H3,(H,24,27)(H,25,26). The summed E-state index contributed by atoms with van der Waals surface area (Å²) in [5.74, 6) is -0.501. The van der Waals surface area contributed by atoms with Crippen molar-refractivity contribution in [3.05, 3.63) is 107 Å². The number of carbonyl (C=O) groups is 2. The minimum Gasteiger partial charge on any atom is -0.344 e. The second-order valence-corrected chi connectivity index (χ2v) is 6.37. The Morgan fingerprint density at radius 2 is 1.41 bits per heavy atom. The van der Waals surface area contributed by atoms with Gasteiger partial charge in [-0.15, -0.1) is 0 Å². The highest BCUT2D eigenvalue weighted by Gasteiger charge is 2.17. The van der Waals surface area contributed by atoms with E-state index in [-0.39, 0.29) is 24.4 Å². The summed E-state index contributed by atoms with van der Waals surface area (Å²) in [5, 5.41) is 5.70. The summed E-state index contributed by atoms with van der Waals surface area (Å²) in [5.41, 5.74) is 3.52. The van der Waals surface area contributed by atoms with E-state index in [1.54, 1.807) is 12.1 Å². The molecule has 0 aliphatic carbocycles. The fourth-order valence-electron chi connectivity index (χ4n) is 2.91. The average Bonchev–Trinajstić information content (AvgIpc) is 2.71. The van der Waals surface area contributed by atoms with Crippen LogP contribution in [0.15, 0.2) is 84.9 Å². The van der Waals surface area contributed by atoms with Crippen molar-refractivity contribution in [2.45, 2.75) is 13.0 Å². The molecule has 136 valence electrons. The molecule has 0 bridgehead atoms. The van der Waals surface area contributed by atoms with Crippen LogP contribution in [0.5, 0.6) is 0 Å². The first-order chi connectivity index (χ1) is 13.1. The smallest absolute Gasteiger partial charge is 0.251 e. The third-order valence-corrected chi connectivity index (χ3v) is 4.26. The molecule has 3 rings (SSSR count). The lowest BCUT2D eigenvalue weighted by Gasteiger charge is -2.20. The van der Waals surface area contributed by atoms with E-state index < -0.39 is 0 Å². The van der Waals surface area contributed by atoms with Crippen LogP contribution in [-0.2, 0) is 4.79 Å². The van der Waals surface area contributed by atoms with Gasteiger partial charge in [-0.2, -0.15) is 0 Å². The van der Waals surface area contributed by atoms with Crippen molar-refractivity contribution < 1.29 is 9.59 Å². The lowest BCUT2D eigenvalue weighted by atomic mass is 9.99. The van der Waals surface area contributed by atoms with Crippen molar-refractivity contribution in [3.8, 4) is 0 Å². The maximum atomic E-state index is 12.5. The van der Waals surface area contributed by atoms with Crippen molar-refractivity contribution in [1.82, 2.24) is 10.6 Å². The minimum absolute atomic E-state index is 0.0804. The Hall–Kier alpha value is -3.40. The number of carbonyl (C=O) groups excluding carboxylic acids is 2. The number of aryl methyl sites for hydroxylation is 1. The van der Waals surface area contributed by atoms with Crippen LogP contribution < -0.4 is 10.6 Å². The molecule has 4 heteroatoms. The number of amides is 2. The van der Waals surface area contributed by atoms with Gasteiger partial charge in [0.05, 0.1) is 12.6 Å². The first-order valence-corrected chi connectivity index (χ1v) is 8.87. The summed E-state index contributed by atoms with van der Waals surface area (Å²) in [6.45, 7) is 1.84. The summed E-state index contributed by atoms with van der Waals surface area (Å²) >= 11 is 0. The lowest BCUT2D eigenvalue weighted by molar-refractivity contribution is -0.120. The van der Waals surface area contributed by atoms with Gasteiger partial charge in [-0.05, 0) is 30.2 Å². The first-order valence-electron chi connectivity index (χ1n) is 8.87. The van der Waals surface area contributed by atoms with Gasteiger partial charge in [-0.1, -0.05) is 78.4 Å². The third kappa shape index (κ3) is 5.05. The fourth-order valence-corrected chi connectivity index (χ4v) is 2.91. The molecule has 0 aliphatic rings. The van der Waals surface area contributed by atoms with Gasteiger partial charge < -0.3 is 10.6 Å². The van der Waals surface area contributed by atoms with E-state index in [2.05, 4.69) is 10.6 Å². The molecule has 27 heavy (non-hydrogen) atoms. The number of hydrogen-bond donors (Lipinski definition) is 2. The Kier molecular flexibility index (Phi) is 6.00. The highest BCUT2D eigenvalue weighted by atomic mass is 16.2. The fraction of sp³-hybridized carbons (Fsp3) is 0.130. The van der Waals surface area contributed by atoms with Gasteiger partial charge in [-0.3, -0.25) is 9.59 Å². The molecule has 0 saturated heterocycles. The molecular formula is C23H22N2O2. The van der Waals surface area contributed by atoms with Gasteiger partial charge in [0.15, 0.2) is 0 Å². The molecule has 0 aliphatic heterocycles. The highest BCUT2D eigenvalue weighted by molar-refractivity contribution is 5.96. The summed E-state index contributed by atoms with van der Waals surface area (Å²) in [7, 11) is 0. The molecule has 2 amide bonds. The number of nitrogens with one attached hydrogen (secondary N) is 2. The molecule has 0 fully saturated rings. The summed E-state index contributed by atoms with van der Waals surface area (Å²) in [6, 6.07) is 26.6. The van der Waals surface area contributed by atoms with Crippen LogP contribution in [0.4, 0.5) is 0 Å². The normalized spacial score (nSPS) is 10.4. The molecule has 0 unspecified atom stereocenters. The SMILES string of the molecule is Cc1cccc(C(=O)NCC(=O)NC(c2ccccc2)c2ccccc2)c1. The Morgan fingerprint density at radius 3 is 1.96 bits per heavy atom. The van der Waals surface area contributed by atoms with Crippen LogP contribution in [0.1, 0.15) is 33.1 Å². The lowest BCUT2D eigenvalue weighted by Crippen LogP contribution is -2.39. The minimum atomic E-state index is -0.268. The van der Waals surface area contributed by atoms with E-state index in [4.69, 9.17) is 0 Å². The van der Waals surface area contributed by atoms with Gasteiger partial charge in [-0.25, -0.2) is 0 Å². The molecule has 0 spiro atoms. The van der Waals surface area contributed by atoms with Crippen LogP contribution in [-0.4, -0.2) is 18.4 Å². The average molecular weight is 358 g/mol. The molecule has 0 atom stereocenters. The molecule has 4 nitrogen and oxygen atoms in total. The van der Waals surface area contributed by atoms with Gasteiger partial charge >= 0.3 is 0 Å². The van der Waals surface area contributed by atoms with E-state index >= 15 is 0 Å². The van der Waals surface area contributed by atoms with Crippen LogP contribution in [0.3, 0.4) is 0 Å². The van der Waals surface area contributed by atoms with Crippen molar-refractivity contribution in [2.24, 2.45) is 0 Å². The van der Waals surface area contributed by atoms with Crippen LogP contribution >= 0.6 is 0 Å². The van der Waals surface area contributed by atoms with E-state index in [9.17, 15) is 9.59 Å². The Labute approximate surface area is 159 Å². The first kappa shape index (κ1) is 18.4. The van der Waals surface area contributed by atoms with E-state index in [0.717, 1.165) is 16.7 Å². The van der Waals surface area contributed by atoms with E-state index in [0.29, 0.717) is 5.56 Å². The van der Waals surface area contributed by atoms with Crippen LogP contribution in [0.2, 0.25) is 0 Å². The molecule has 0 heterocycles. The van der Waals surface area contributed by atoms with Crippen molar-refractivity contribution in [1.29, 1.82) is 0 Å². The Bertz CT molecular complexity index is 868. The Balaban J connectivity index is 1.67. The monoisotopic (exact) mass is 358 g/mol. The summed E-state index contributed by atoms with van der Waals surface area (Å²) in [6.07, 6.45) is 0. The number of hydrogen-bond acceptors (Lipinski definition) is 2. The zero-order chi connectivity index (χ0) is 19.1. The van der Waals surface area contributed by atoms with E-state index in [1.807, 2.05) is 79.7 Å². The predicted molar refractivity (Wildman–Crippen MR) is 106 cm³/mol. The van der Waals surface area contributed by atoms with Crippen molar-refractivity contribution in [3.63, 3.8) is 0 Å². The van der Waals surface area contributed by atoms with Gasteiger partial charge in [0.2, 0.25) is 5.91 Å². The number of benzene rings is 3. The largest absolute Gasteiger partial charge is 0.344 e. The topological polar surface area (TPSA) is 58.2 Å². The van der Waals surface area contributed by atoms with E-state index in [1.165, 1.54) is 0 Å². The molecule has 0 radical (unpaired) electrons. The molecular weight excluding hydrogens is 336 g/mol. The molecule has 2 N–H and O–H groups in total. The third-order valence-electron chi connectivity index (χ3n) is 4.26. The highest BCUT2D eigenvalue weighted by Crippen LogP contribution is 2.21.